The van der Waals surface area contributed by atoms with Crippen LogP contribution in [0.5, 0.6) is 0 Å². The Labute approximate surface area is 93.1 Å². The Balaban J connectivity index is 2.68. The number of benzene rings is 1. The lowest BCUT2D eigenvalue weighted by molar-refractivity contribution is -0.137. The molecule has 1 rings (SSSR count). The first kappa shape index (κ1) is 12.6. The van der Waals surface area contributed by atoms with Crippen LogP contribution in [0.2, 0.25) is 0 Å². The van der Waals surface area contributed by atoms with Gasteiger partial charge in [-0.3, -0.25) is 0 Å². The van der Waals surface area contributed by atoms with Crippen molar-refractivity contribution in [1.82, 2.24) is 0 Å². The Morgan fingerprint density at radius 1 is 1.06 bits per heavy atom. The fourth-order valence-corrected chi connectivity index (χ4v) is 1.20. The lowest BCUT2D eigenvalue weighted by Crippen LogP contribution is -2.03. The average Bonchev–Trinajstić information content (AvgIpc) is 2.24. The highest BCUT2D eigenvalue weighted by Gasteiger charge is 2.29. The molecule has 16 heavy (non-hydrogen) atoms. The molecule has 0 aliphatic heterocycles. The average molecular weight is 226 g/mol. The lowest BCUT2D eigenvalue weighted by atomic mass is 10.1. The molecule has 0 fully saturated rings. The van der Waals surface area contributed by atoms with Gasteiger partial charge in [0, 0.05) is 0 Å². The monoisotopic (exact) mass is 226 g/mol. The lowest BCUT2D eigenvalue weighted by Gasteiger charge is -2.05. The smallest absolute Gasteiger partial charge is 0.166 e. The molecule has 0 saturated heterocycles. The van der Waals surface area contributed by atoms with Gasteiger partial charge in [0.25, 0.3) is 0 Å². The van der Waals surface area contributed by atoms with Crippen molar-refractivity contribution in [1.29, 1.82) is 0 Å². The summed E-state index contributed by atoms with van der Waals surface area (Å²) < 4.78 is 36.7. The first-order chi connectivity index (χ1) is 7.54. The van der Waals surface area contributed by atoms with Crippen LogP contribution in [-0.4, -0.2) is 0 Å². The van der Waals surface area contributed by atoms with Gasteiger partial charge in [0.05, 0.1) is 5.56 Å². The summed E-state index contributed by atoms with van der Waals surface area (Å²) in [4.78, 5) is 0. The number of rotatable bonds is 3. The van der Waals surface area contributed by atoms with Crippen molar-refractivity contribution in [3.05, 3.63) is 53.6 Å². The Morgan fingerprint density at radius 2 is 1.69 bits per heavy atom. The second-order valence-corrected chi connectivity index (χ2v) is 3.33. The fourth-order valence-electron chi connectivity index (χ4n) is 1.20. The van der Waals surface area contributed by atoms with Gasteiger partial charge in [-0.05, 0) is 31.0 Å². The molecule has 0 aliphatic carbocycles. The third-order valence-corrected chi connectivity index (χ3v) is 2.06. The molecule has 1 aromatic carbocycles. The van der Waals surface area contributed by atoms with Crippen molar-refractivity contribution in [2.24, 2.45) is 0 Å². The Hall–Kier alpha value is -1.51. The molecule has 0 amide bonds. The summed E-state index contributed by atoms with van der Waals surface area (Å²) in [6.07, 6.45) is 4.14. The van der Waals surface area contributed by atoms with E-state index in [0.717, 1.165) is 24.1 Å². The van der Waals surface area contributed by atoms with Gasteiger partial charge in [-0.15, -0.1) is 0 Å². The van der Waals surface area contributed by atoms with Crippen molar-refractivity contribution in [3.63, 3.8) is 0 Å². The SMILES string of the molecule is C/C=C/C/C=C/c1ccc(C(F)(F)F)cc1. The van der Waals surface area contributed by atoms with Crippen LogP contribution in [0.1, 0.15) is 24.5 Å². The van der Waals surface area contributed by atoms with Crippen molar-refractivity contribution in [2.45, 2.75) is 19.5 Å². The van der Waals surface area contributed by atoms with E-state index in [1.165, 1.54) is 12.1 Å². The summed E-state index contributed by atoms with van der Waals surface area (Å²) in [6.45, 7) is 1.92. The van der Waals surface area contributed by atoms with Gasteiger partial charge in [0.2, 0.25) is 0 Å². The number of hydrogen-bond donors (Lipinski definition) is 0. The Morgan fingerprint density at radius 3 is 2.19 bits per heavy atom. The van der Waals surface area contributed by atoms with Gasteiger partial charge in [0.15, 0.2) is 0 Å². The zero-order valence-corrected chi connectivity index (χ0v) is 8.96. The molecule has 86 valence electrons. The molecule has 0 saturated carbocycles. The molecule has 3 heteroatoms. The summed E-state index contributed by atoms with van der Waals surface area (Å²) in [5.74, 6) is 0. The predicted molar refractivity (Wildman–Crippen MR) is 59.9 cm³/mol. The number of halogens is 3. The summed E-state index contributed by atoms with van der Waals surface area (Å²) in [6, 6.07) is 5.12. The van der Waals surface area contributed by atoms with Crippen molar-refractivity contribution in [2.75, 3.05) is 0 Å². The van der Waals surface area contributed by atoms with Crippen LogP contribution in [-0.2, 0) is 6.18 Å². The van der Waals surface area contributed by atoms with Crippen LogP contribution in [0.15, 0.2) is 42.5 Å². The first-order valence-electron chi connectivity index (χ1n) is 4.99. The molecular formula is C13H13F3. The molecule has 0 nitrogen and oxygen atoms in total. The largest absolute Gasteiger partial charge is 0.416 e. The maximum absolute atomic E-state index is 12.2. The van der Waals surface area contributed by atoms with E-state index in [-0.39, 0.29) is 0 Å². The number of allylic oxidation sites excluding steroid dienone is 3. The highest BCUT2D eigenvalue weighted by Crippen LogP contribution is 2.29. The summed E-state index contributed by atoms with van der Waals surface area (Å²) in [5, 5.41) is 0. The molecule has 0 bridgehead atoms. The van der Waals surface area contributed by atoms with Gasteiger partial charge < -0.3 is 0 Å². The van der Waals surface area contributed by atoms with Crippen LogP contribution in [0, 0.1) is 0 Å². The van der Waals surface area contributed by atoms with E-state index in [0.29, 0.717) is 0 Å². The summed E-state index contributed by atoms with van der Waals surface area (Å²) in [7, 11) is 0. The normalized spacial score (nSPS) is 12.8. The molecule has 0 aromatic heterocycles. The van der Waals surface area contributed by atoms with Crippen LogP contribution < -0.4 is 0 Å². The molecular weight excluding hydrogens is 213 g/mol. The summed E-state index contributed by atoms with van der Waals surface area (Å²) in [5.41, 5.74) is 0.163. The number of hydrogen-bond acceptors (Lipinski definition) is 0. The van der Waals surface area contributed by atoms with Crippen LogP contribution in [0.3, 0.4) is 0 Å². The summed E-state index contributed by atoms with van der Waals surface area (Å²) >= 11 is 0. The molecule has 0 aliphatic rings. The van der Waals surface area contributed by atoms with Gasteiger partial charge in [0.1, 0.15) is 0 Å². The molecule has 0 atom stereocenters. The van der Waals surface area contributed by atoms with E-state index in [1.807, 2.05) is 25.2 Å². The van der Waals surface area contributed by atoms with Gasteiger partial charge in [-0.1, -0.05) is 36.4 Å². The zero-order valence-electron chi connectivity index (χ0n) is 8.96. The van der Waals surface area contributed by atoms with E-state index in [1.54, 1.807) is 6.08 Å². The van der Waals surface area contributed by atoms with Crippen molar-refractivity contribution < 1.29 is 13.2 Å². The van der Waals surface area contributed by atoms with E-state index >= 15 is 0 Å². The highest BCUT2D eigenvalue weighted by atomic mass is 19.4. The Bertz CT molecular complexity index is 369. The predicted octanol–water partition coefficient (Wildman–Crippen LogP) is 4.68. The van der Waals surface area contributed by atoms with Crippen molar-refractivity contribution >= 4 is 6.08 Å². The standard InChI is InChI=1S/C13H13F3/c1-2-3-4-5-6-11-7-9-12(10-8-11)13(14,15)16/h2-3,5-10H,4H2,1H3/b3-2+,6-5+. The maximum atomic E-state index is 12.2. The minimum absolute atomic E-state index is 0.613. The van der Waals surface area contributed by atoms with E-state index in [4.69, 9.17) is 0 Å². The van der Waals surface area contributed by atoms with Gasteiger partial charge in [-0.2, -0.15) is 13.2 Å². The topological polar surface area (TPSA) is 0 Å². The van der Waals surface area contributed by atoms with E-state index < -0.39 is 11.7 Å². The molecule has 0 N–H and O–H groups in total. The second kappa shape index (κ2) is 5.54. The zero-order chi connectivity index (χ0) is 12.0. The highest BCUT2D eigenvalue weighted by molar-refractivity contribution is 5.50. The van der Waals surface area contributed by atoms with E-state index in [9.17, 15) is 13.2 Å². The van der Waals surface area contributed by atoms with Crippen LogP contribution in [0.4, 0.5) is 13.2 Å². The molecule has 0 spiro atoms. The Kier molecular flexibility index (Phi) is 4.35. The minimum Gasteiger partial charge on any atom is -0.166 e. The fraction of sp³-hybridized carbons (Fsp3) is 0.231. The van der Waals surface area contributed by atoms with E-state index in [2.05, 4.69) is 0 Å². The molecule has 0 radical (unpaired) electrons. The first-order valence-corrected chi connectivity index (χ1v) is 4.99. The third-order valence-electron chi connectivity index (χ3n) is 2.06. The minimum atomic E-state index is -4.26. The molecule has 0 unspecified atom stereocenters. The second-order valence-electron chi connectivity index (χ2n) is 3.33. The van der Waals surface area contributed by atoms with Crippen LogP contribution in [0.25, 0.3) is 6.08 Å². The molecule has 1 aromatic rings. The molecule has 0 heterocycles. The maximum Gasteiger partial charge on any atom is 0.416 e. The number of alkyl halides is 3. The van der Waals surface area contributed by atoms with Crippen molar-refractivity contribution in [3.8, 4) is 0 Å². The van der Waals surface area contributed by atoms with Gasteiger partial charge >= 0.3 is 6.18 Å². The quantitative estimate of drug-likeness (QED) is 0.656. The third kappa shape index (κ3) is 3.93. The van der Waals surface area contributed by atoms with Crippen LogP contribution >= 0.6 is 0 Å². The van der Waals surface area contributed by atoms with Gasteiger partial charge in [-0.25, -0.2) is 0 Å².